The zero-order valence-electron chi connectivity index (χ0n) is 12.8. The minimum atomic E-state index is -0.665. The molecule has 0 N–H and O–H groups in total. The molecule has 2 amide bonds. The number of hydrogen-bond acceptors (Lipinski definition) is 4. The summed E-state index contributed by atoms with van der Waals surface area (Å²) in [4.78, 5) is 39.4. The third-order valence-corrected chi connectivity index (χ3v) is 4.54. The number of rotatable bonds is 2. The molecule has 1 heterocycles. The smallest absolute Gasteiger partial charge is 0.330 e. The molecular formula is C15H24N2O4. The fourth-order valence-electron chi connectivity index (χ4n) is 3.25. The normalized spacial score (nSPS) is 23.8. The van der Waals surface area contributed by atoms with Gasteiger partial charge in [0.15, 0.2) is 0 Å². The fraction of sp³-hybridized carbons (Fsp3) is 0.800. The molecule has 1 aliphatic carbocycles. The molecular weight excluding hydrogens is 272 g/mol. The van der Waals surface area contributed by atoms with Crippen LogP contribution < -0.4 is 0 Å². The van der Waals surface area contributed by atoms with Crippen LogP contribution in [0.15, 0.2) is 0 Å². The van der Waals surface area contributed by atoms with Gasteiger partial charge in [0.05, 0.1) is 13.7 Å². The van der Waals surface area contributed by atoms with Gasteiger partial charge in [-0.2, -0.15) is 0 Å². The van der Waals surface area contributed by atoms with E-state index in [9.17, 15) is 14.4 Å². The minimum Gasteiger partial charge on any atom is -0.467 e. The Bertz CT molecular complexity index is 418. The molecule has 6 heteroatoms. The second-order valence-corrected chi connectivity index (χ2v) is 5.87. The molecule has 0 aromatic rings. The number of methoxy groups -OCH3 is 1. The summed E-state index contributed by atoms with van der Waals surface area (Å²) in [6.45, 7) is 2.61. The van der Waals surface area contributed by atoms with E-state index in [1.807, 2.05) is 0 Å². The Morgan fingerprint density at radius 2 is 1.71 bits per heavy atom. The highest BCUT2D eigenvalue weighted by Crippen LogP contribution is 2.27. The lowest BCUT2D eigenvalue weighted by Crippen LogP contribution is -2.60. The van der Waals surface area contributed by atoms with E-state index in [0.29, 0.717) is 13.1 Å². The van der Waals surface area contributed by atoms with Crippen molar-refractivity contribution in [3.05, 3.63) is 0 Å². The molecule has 0 unspecified atom stereocenters. The number of piperazine rings is 1. The molecule has 0 radical (unpaired) electrons. The summed E-state index contributed by atoms with van der Waals surface area (Å²) in [5, 5.41) is 0. The van der Waals surface area contributed by atoms with Crippen LogP contribution >= 0.6 is 0 Å². The fourth-order valence-corrected chi connectivity index (χ4v) is 3.25. The highest BCUT2D eigenvalue weighted by Gasteiger charge is 2.39. The van der Waals surface area contributed by atoms with Gasteiger partial charge in [0, 0.05) is 25.9 Å². The summed E-state index contributed by atoms with van der Waals surface area (Å²) in [6.07, 6.45) is 5.14. The third kappa shape index (κ3) is 3.54. The maximum atomic E-state index is 12.7. The van der Waals surface area contributed by atoms with Crippen molar-refractivity contribution in [2.45, 2.75) is 45.1 Å². The number of amides is 2. The van der Waals surface area contributed by atoms with Crippen molar-refractivity contribution in [3.63, 3.8) is 0 Å². The van der Waals surface area contributed by atoms with Gasteiger partial charge < -0.3 is 14.5 Å². The van der Waals surface area contributed by atoms with Crippen LogP contribution in [0.5, 0.6) is 0 Å². The van der Waals surface area contributed by atoms with Crippen LogP contribution in [0.3, 0.4) is 0 Å². The first kappa shape index (κ1) is 15.8. The van der Waals surface area contributed by atoms with E-state index in [-0.39, 0.29) is 24.3 Å². The van der Waals surface area contributed by atoms with Gasteiger partial charge in [-0.05, 0) is 12.8 Å². The Morgan fingerprint density at radius 3 is 2.29 bits per heavy atom. The van der Waals surface area contributed by atoms with Crippen molar-refractivity contribution in [3.8, 4) is 0 Å². The largest absolute Gasteiger partial charge is 0.467 e. The van der Waals surface area contributed by atoms with Crippen LogP contribution in [0.1, 0.15) is 39.0 Å². The highest BCUT2D eigenvalue weighted by molar-refractivity contribution is 5.87. The van der Waals surface area contributed by atoms with Gasteiger partial charge in [0.2, 0.25) is 11.8 Å². The van der Waals surface area contributed by atoms with Crippen LogP contribution in [0, 0.1) is 5.92 Å². The van der Waals surface area contributed by atoms with Crippen molar-refractivity contribution in [2.24, 2.45) is 5.92 Å². The molecule has 6 nitrogen and oxygen atoms in total. The van der Waals surface area contributed by atoms with Crippen molar-refractivity contribution in [2.75, 3.05) is 26.7 Å². The van der Waals surface area contributed by atoms with Crippen molar-refractivity contribution >= 4 is 17.8 Å². The number of ether oxygens (including phenoxy) is 1. The number of carbonyl (C=O) groups is 3. The Balaban J connectivity index is 2.10. The van der Waals surface area contributed by atoms with Gasteiger partial charge in [-0.15, -0.1) is 0 Å². The van der Waals surface area contributed by atoms with Crippen LogP contribution in [-0.2, 0) is 19.1 Å². The summed E-state index contributed by atoms with van der Waals surface area (Å²) in [7, 11) is 1.32. The van der Waals surface area contributed by atoms with E-state index < -0.39 is 12.0 Å². The maximum absolute atomic E-state index is 12.7. The van der Waals surface area contributed by atoms with E-state index in [2.05, 4.69) is 0 Å². The predicted octanol–water partition coefficient (Wildman–Crippen LogP) is 0.799. The summed E-state index contributed by atoms with van der Waals surface area (Å²) in [5.74, 6) is -0.443. The zero-order chi connectivity index (χ0) is 15.4. The van der Waals surface area contributed by atoms with Gasteiger partial charge in [0.25, 0.3) is 0 Å². The van der Waals surface area contributed by atoms with Crippen LogP contribution in [0.2, 0.25) is 0 Å². The lowest BCUT2D eigenvalue weighted by atomic mass is 9.87. The van der Waals surface area contributed by atoms with Crippen molar-refractivity contribution in [1.29, 1.82) is 0 Å². The Hall–Kier alpha value is -1.59. The van der Waals surface area contributed by atoms with Crippen LogP contribution in [0.25, 0.3) is 0 Å². The molecule has 0 bridgehead atoms. The number of hydrogen-bond donors (Lipinski definition) is 0. The van der Waals surface area contributed by atoms with E-state index in [0.717, 1.165) is 25.7 Å². The Kier molecular flexibility index (Phi) is 5.20. The molecule has 2 rings (SSSR count). The van der Waals surface area contributed by atoms with Gasteiger partial charge in [-0.3, -0.25) is 9.59 Å². The van der Waals surface area contributed by atoms with Gasteiger partial charge in [-0.25, -0.2) is 4.79 Å². The van der Waals surface area contributed by atoms with Gasteiger partial charge in [0.1, 0.15) is 6.04 Å². The van der Waals surface area contributed by atoms with Crippen LogP contribution in [0.4, 0.5) is 0 Å². The number of esters is 1. The second kappa shape index (κ2) is 6.91. The topological polar surface area (TPSA) is 66.9 Å². The van der Waals surface area contributed by atoms with E-state index >= 15 is 0 Å². The summed E-state index contributed by atoms with van der Waals surface area (Å²) in [5.41, 5.74) is 0. The van der Waals surface area contributed by atoms with E-state index in [1.54, 1.807) is 9.80 Å². The van der Waals surface area contributed by atoms with Gasteiger partial charge >= 0.3 is 5.97 Å². The Labute approximate surface area is 125 Å². The lowest BCUT2D eigenvalue weighted by Gasteiger charge is -2.41. The first-order valence-electron chi connectivity index (χ1n) is 7.68. The third-order valence-electron chi connectivity index (χ3n) is 4.54. The number of nitrogens with zero attached hydrogens (tertiary/aromatic N) is 2. The summed E-state index contributed by atoms with van der Waals surface area (Å²) >= 11 is 0. The molecule has 118 valence electrons. The standard InChI is InChI=1S/C15H24N2O4/c1-11(18)16-8-9-17(13(10-16)15(20)21-2)14(19)12-6-4-3-5-7-12/h12-13H,3-10H2,1-2H3/t13-/m1/s1. The SMILES string of the molecule is COC(=O)[C@H]1CN(C(C)=O)CCN1C(=O)C1CCCCC1. The van der Waals surface area contributed by atoms with Crippen LogP contribution in [-0.4, -0.2) is 60.4 Å². The predicted molar refractivity (Wildman–Crippen MR) is 76.3 cm³/mol. The molecule has 0 aromatic carbocycles. The van der Waals surface area contributed by atoms with Crippen molar-refractivity contribution in [1.82, 2.24) is 9.80 Å². The molecule has 1 saturated carbocycles. The molecule has 21 heavy (non-hydrogen) atoms. The first-order valence-corrected chi connectivity index (χ1v) is 7.68. The zero-order valence-corrected chi connectivity index (χ0v) is 12.8. The minimum absolute atomic E-state index is 0.0229. The van der Waals surface area contributed by atoms with E-state index in [1.165, 1.54) is 20.5 Å². The quantitative estimate of drug-likeness (QED) is 0.707. The molecule has 1 saturated heterocycles. The average molecular weight is 296 g/mol. The monoisotopic (exact) mass is 296 g/mol. The molecule has 2 fully saturated rings. The van der Waals surface area contributed by atoms with Crippen molar-refractivity contribution < 1.29 is 19.1 Å². The number of carbonyl (C=O) groups excluding carboxylic acids is 3. The molecule has 2 aliphatic rings. The highest BCUT2D eigenvalue weighted by atomic mass is 16.5. The average Bonchev–Trinajstić information content (AvgIpc) is 2.53. The molecule has 1 atom stereocenters. The Morgan fingerprint density at radius 1 is 1.05 bits per heavy atom. The maximum Gasteiger partial charge on any atom is 0.330 e. The van der Waals surface area contributed by atoms with Gasteiger partial charge in [-0.1, -0.05) is 19.3 Å². The molecule has 1 aliphatic heterocycles. The summed E-state index contributed by atoms with van der Waals surface area (Å²) < 4.78 is 4.81. The molecule has 0 aromatic heterocycles. The van der Waals surface area contributed by atoms with E-state index in [4.69, 9.17) is 4.74 Å². The second-order valence-electron chi connectivity index (χ2n) is 5.87. The first-order chi connectivity index (χ1) is 10.0. The lowest BCUT2D eigenvalue weighted by molar-refractivity contribution is -0.160. The molecule has 0 spiro atoms. The summed E-state index contributed by atoms with van der Waals surface area (Å²) in [6, 6.07) is -0.665.